The molecule has 1 aromatic carbocycles. The molecule has 162 valence electrons. The number of nitrogens with zero attached hydrogens (tertiary/aromatic N) is 2. The maximum Gasteiger partial charge on any atom is 0.291 e. The SMILES string of the molecule is Cc1cc(NC(=O)c2ccco2)sc1C(=O)Nc1ccc(CN2CCN(C)CC2)cc1. The Hall–Kier alpha value is -2.94. The summed E-state index contributed by atoms with van der Waals surface area (Å²) in [7, 11) is 2.15. The van der Waals surface area contributed by atoms with Crippen molar-refractivity contribution in [3.8, 4) is 0 Å². The minimum atomic E-state index is -0.339. The summed E-state index contributed by atoms with van der Waals surface area (Å²) >= 11 is 1.24. The van der Waals surface area contributed by atoms with Crippen LogP contribution in [-0.4, -0.2) is 54.8 Å². The van der Waals surface area contributed by atoms with Gasteiger partial charge in [-0.15, -0.1) is 11.3 Å². The van der Waals surface area contributed by atoms with Gasteiger partial charge in [-0.2, -0.15) is 0 Å². The van der Waals surface area contributed by atoms with E-state index in [2.05, 4.69) is 39.6 Å². The lowest BCUT2D eigenvalue weighted by molar-refractivity contribution is 0.0995. The highest BCUT2D eigenvalue weighted by molar-refractivity contribution is 7.18. The van der Waals surface area contributed by atoms with Crippen LogP contribution in [0.15, 0.2) is 53.1 Å². The molecule has 31 heavy (non-hydrogen) atoms. The first-order valence-corrected chi connectivity index (χ1v) is 11.1. The molecule has 3 aromatic rings. The summed E-state index contributed by atoms with van der Waals surface area (Å²) < 4.78 is 5.10. The minimum absolute atomic E-state index is 0.187. The van der Waals surface area contributed by atoms with Gasteiger partial charge in [-0.25, -0.2) is 0 Å². The van der Waals surface area contributed by atoms with E-state index in [1.54, 1.807) is 18.2 Å². The van der Waals surface area contributed by atoms with Gasteiger partial charge in [0, 0.05) is 38.4 Å². The predicted octanol–water partition coefficient (Wildman–Crippen LogP) is 3.90. The number of piperazine rings is 1. The number of likely N-dealkylation sites (N-methyl/N-ethyl adjacent to an activating group) is 1. The van der Waals surface area contributed by atoms with Crippen molar-refractivity contribution in [3.63, 3.8) is 0 Å². The molecule has 8 heteroatoms. The zero-order valence-electron chi connectivity index (χ0n) is 17.7. The topological polar surface area (TPSA) is 77.8 Å². The third-order valence-electron chi connectivity index (χ3n) is 5.32. The molecule has 1 fully saturated rings. The van der Waals surface area contributed by atoms with Gasteiger partial charge in [0.2, 0.25) is 0 Å². The number of aryl methyl sites for hydroxylation is 1. The van der Waals surface area contributed by atoms with E-state index in [9.17, 15) is 9.59 Å². The number of carbonyl (C=O) groups is 2. The monoisotopic (exact) mass is 438 g/mol. The number of anilines is 2. The largest absolute Gasteiger partial charge is 0.459 e. The van der Waals surface area contributed by atoms with Gasteiger partial charge in [0.15, 0.2) is 5.76 Å². The highest BCUT2D eigenvalue weighted by Gasteiger charge is 2.17. The van der Waals surface area contributed by atoms with E-state index in [4.69, 9.17) is 4.42 Å². The lowest BCUT2D eigenvalue weighted by atomic mass is 10.1. The fourth-order valence-corrected chi connectivity index (χ4v) is 4.46. The first-order valence-electron chi connectivity index (χ1n) is 10.2. The molecule has 0 saturated carbocycles. The Balaban J connectivity index is 1.34. The van der Waals surface area contributed by atoms with Gasteiger partial charge in [-0.3, -0.25) is 14.5 Å². The van der Waals surface area contributed by atoms with Crippen LogP contribution in [0.25, 0.3) is 0 Å². The van der Waals surface area contributed by atoms with Gasteiger partial charge < -0.3 is 20.0 Å². The van der Waals surface area contributed by atoms with Crippen molar-refractivity contribution in [2.75, 3.05) is 43.9 Å². The summed E-state index contributed by atoms with van der Waals surface area (Å²) in [5, 5.41) is 6.32. The molecule has 0 aliphatic carbocycles. The molecule has 0 atom stereocenters. The van der Waals surface area contributed by atoms with Gasteiger partial charge in [0.05, 0.1) is 16.1 Å². The zero-order valence-corrected chi connectivity index (χ0v) is 18.5. The van der Waals surface area contributed by atoms with Gasteiger partial charge >= 0.3 is 0 Å². The summed E-state index contributed by atoms with van der Waals surface area (Å²) in [4.78, 5) is 30.2. The Morgan fingerprint density at radius 3 is 2.45 bits per heavy atom. The van der Waals surface area contributed by atoms with Crippen LogP contribution in [-0.2, 0) is 6.54 Å². The van der Waals surface area contributed by atoms with E-state index >= 15 is 0 Å². The second-order valence-corrected chi connectivity index (χ2v) is 8.84. The van der Waals surface area contributed by atoms with Crippen LogP contribution in [0.3, 0.4) is 0 Å². The fraction of sp³-hybridized carbons (Fsp3) is 0.304. The fourth-order valence-electron chi connectivity index (χ4n) is 3.50. The molecule has 4 rings (SSSR count). The van der Waals surface area contributed by atoms with E-state index in [0.29, 0.717) is 9.88 Å². The lowest BCUT2D eigenvalue weighted by Crippen LogP contribution is -2.43. The normalized spacial score (nSPS) is 15.0. The van der Waals surface area contributed by atoms with Crippen molar-refractivity contribution in [2.24, 2.45) is 0 Å². The summed E-state index contributed by atoms with van der Waals surface area (Å²) in [5.41, 5.74) is 2.79. The second kappa shape index (κ2) is 9.47. The highest BCUT2D eigenvalue weighted by atomic mass is 32.1. The van der Waals surface area contributed by atoms with Crippen LogP contribution in [0.5, 0.6) is 0 Å². The van der Waals surface area contributed by atoms with Crippen LogP contribution in [0, 0.1) is 6.92 Å². The minimum Gasteiger partial charge on any atom is -0.459 e. The number of thiophene rings is 1. The quantitative estimate of drug-likeness (QED) is 0.610. The summed E-state index contributed by atoms with van der Waals surface area (Å²) in [6, 6.07) is 13.0. The molecule has 0 bridgehead atoms. The van der Waals surface area contributed by atoms with Gasteiger partial charge in [-0.05, 0) is 55.4 Å². The average Bonchev–Trinajstić information content (AvgIpc) is 3.41. The van der Waals surface area contributed by atoms with Crippen molar-refractivity contribution in [2.45, 2.75) is 13.5 Å². The van der Waals surface area contributed by atoms with E-state index in [1.165, 1.54) is 23.2 Å². The van der Waals surface area contributed by atoms with Gasteiger partial charge in [0.1, 0.15) is 0 Å². The average molecular weight is 439 g/mol. The molecule has 2 N–H and O–H groups in total. The molecule has 1 saturated heterocycles. The molecule has 3 heterocycles. The molecule has 7 nitrogen and oxygen atoms in total. The van der Waals surface area contributed by atoms with Crippen molar-refractivity contribution >= 4 is 33.8 Å². The van der Waals surface area contributed by atoms with Crippen molar-refractivity contribution < 1.29 is 14.0 Å². The summed E-state index contributed by atoms with van der Waals surface area (Å²) in [6.07, 6.45) is 1.45. The van der Waals surface area contributed by atoms with E-state index in [1.807, 2.05) is 19.1 Å². The second-order valence-electron chi connectivity index (χ2n) is 7.78. The Morgan fingerprint density at radius 1 is 1.03 bits per heavy atom. The zero-order chi connectivity index (χ0) is 21.8. The number of furan rings is 1. The first-order chi connectivity index (χ1) is 15.0. The highest BCUT2D eigenvalue weighted by Crippen LogP contribution is 2.28. The summed E-state index contributed by atoms with van der Waals surface area (Å²) in [5.74, 6) is -0.296. The number of nitrogens with one attached hydrogen (secondary N) is 2. The Bertz CT molecular complexity index is 1040. The molecule has 2 amide bonds. The number of amides is 2. The molecule has 2 aromatic heterocycles. The van der Waals surface area contributed by atoms with Gasteiger partial charge in [0.25, 0.3) is 11.8 Å². The van der Waals surface area contributed by atoms with Gasteiger partial charge in [-0.1, -0.05) is 12.1 Å². The Morgan fingerprint density at radius 2 is 1.77 bits per heavy atom. The summed E-state index contributed by atoms with van der Waals surface area (Å²) in [6.45, 7) is 7.12. The molecule has 1 aliphatic heterocycles. The number of hydrogen-bond donors (Lipinski definition) is 2. The van der Waals surface area contributed by atoms with Crippen molar-refractivity contribution in [3.05, 3.63) is 70.5 Å². The Kier molecular flexibility index (Phi) is 6.50. The molecule has 0 spiro atoms. The van der Waals surface area contributed by atoms with Crippen LogP contribution < -0.4 is 10.6 Å². The molecule has 1 aliphatic rings. The van der Waals surface area contributed by atoms with E-state index in [-0.39, 0.29) is 17.6 Å². The smallest absolute Gasteiger partial charge is 0.291 e. The van der Waals surface area contributed by atoms with Crippen LogP contribution in [0.4, 0.5) is 10.7 Å². The van der Waals surface area contributed by atoms with Crippen molar-refractivity contribution in [1.29, 1.82) is 0 Å². The van der Waals surface area contributed by atoms with Crippen molar-refractivity contribution in [1.82, 2.24) is 9.80 Å². The molecule has 0 radical (unpaired) electrons. The van der Waals surface area contributed by atoms with E-state index < -0.39 is 0 Å². The van der Waals surface area contributed by atoms with E-state index in [0.717, 1.165) is 44.0 Å². The number of rotatable bonds is 6. The maximum absolute atomic E-state index is 12.8. The lowest BCUT2D eigenvalue weighted by Gasteiger charge is -2.32. The van der Waals surface area contributed by atoms with Crippen LogP contribution >= 0.6 is 11.3 Å². The van der Waals surface area contributed by atoms with Crippen LogP contribution in [0.1, 0.15) is 31.4 Å². The Labute approximate surface area is 185 Å². The molecular weight excluding hydrogens is 412 g/mol. The standard InChI is InChI=1S/C23H26N4O3S/c1-16-14-20(25-22(28)19-4-3-13-30-19)31-21(16)23(29)24-18-7-5-17(6-8-18)15-27-11-9-26(2)10-12-27/h3-8,13-14H,9-12,15H2,1-2H3,(H,24,29)(H,25,28). The van der Waals surface area contributed by atoms with Crippen LogP contribution in [0.2, 0.25) is 0 Å². The molecular formula is C23H26N4O3S. The number of carbonyl (C=O) groups excluding carboxylic acids is 2. The molecule has 0 unspecified atom stereocenters. The number of benzene rings is 1. The number of hydrogen-bond acceptors (Lipinski definition) is 6. The third kappa shape index (κ3) is 5.41. The predicted molar refractivity (Wildman–Crippen MR) is 123 cm³/mol. The third-order valence-corrected chi connectivity index (χ3v) is 6.47. The first kappa shape index (κ1) is 21.3. The maximum atomic E-state index is 12.8.